The fourth-order valence-electron chi connectivity index (χ4n) is 4.34. The monoisotopic (exact) mass is 409 g/mol. The molecule has 1 N–H and O–H groups in total. The van der Waals surface area contributed by atoms with E-state index in [1.807, 2.05) is 18.2 Å². The predicted octanol–water partition coefficient (Wildman–Crippen LogP) is 2.72. The first-order chi connectivity index (χ1) is 14.7. The lowest BCUT2D eigenvalue weighted by molar-refractivity contribution is -0.120. The number of halogens is 1. The maximum absolute atomic E-state index is 14.5. The minimum Gasteiger partial charge on any atom is -0.370 e. The van der Waals surface area contributed by atoms with Gasteiger partial charge in [0.15, 0.2) is 5.65 Å². The molecule has 0 atom stereocenters. The zero-order chi connectivity index (χ0) is 20.5. The number of para-hydroxylation sites is 1. The molecular formula is C21H24FN7O. The number of anilines is 3. The summed E-state index contributed by atoms with van der Waals surface area (Å²) in [4.78, 5) is 17.2. The number of carbonyl (C=O) groups is 1. The number of piperidine rings is 1. The average molecular weight is 409 g/mol. The van der Waals surface area contributed by atoms with Crippen molar-refractivity contribution >= 4 is 28.7 Å². The lowest BCUT2D eigenvalue weighted by atomic mass is 9.95. The van der Waals surface area contributed by atoms with Crippen molar-refractivity contribution in [2.24, 2.45) is 5.92 Å². The van der Waals surface area contributed by atoms with E-state index in [0.717, 1.165) is 50.5 Å². The van der Waals surface area contributed by atoms with Gasteiger partial charge in [-0.2, -0.15) is 4.52 Å². The van der Waals surface area contributed by atoms with Crippen molar-refractivity contribution in [2.45, 2.75) is 25.7 Å². The van der Waals surface area contributed by atoms with E-state index in [1.54, 1.807) is 16.9 Å². The van der Waals surface area contributed by atoms with Gasteiger partial charge in [0.2, 0.25) is 5.91 Å². The standard InChI is InChI=1S/C21H24FN7O/c22-16-4-3-5-17(27-10-1-2-11-27)20(16)24-21(30)15-8-12-28(13-9-15)19-7-6-18-25-23-14-29(18)26-19/h3-7,14-15H,1-2,8-13H2,(H,24,30). The topological polar surface area (TPSA) is 78.7 Å². The molecule has 4 heterocycles. The van der Waals surface area contributed by atoms with E-state index in [1.165, 1.54) is 6.07 Å². The largest absolute Gasteiger partial charge is 0.370 e. The molecule has 30 heavy (non-hydrogen) atoms. The maximum atomic E-state index is 14.5. The SMILES string of the molecule is O=C(Nc1c(F)cccc1N1CCCC1)C1CCN(c2ccc3nncn3n2)CC1. The first kappa shape index (κ1) is 18.8. The number of hydrogen-bond acceptors (Lipinski definition) is 6. The van der Waals surface area contributed by atoms with Gasteiger partial charge < -0.3 is 15.1 Å². The van der Waals surface area contributed by atoms with E-state index >= 15 is 0 Å². The van der Waals surface area contributed by atoms with E-state index in [0.29, 0.717) is 24.2 Å². The van der Waals surface area contributed by atoms with Crippen LogP contribution in [0.15, 0.2) is 36.7 Å². The molecule has 2 aliphatic heterocycles. The number of nitrogens with one attached hydrogen (secondary N) is 1. The second-order valence-corrected chi connectivity index (χ2v) is 7.90. The molecule has 156 valence electrons. The lowest BCUT2D eigenvalue weighted by Gasteiger charge is -2.32. The molecule has 8 nitrogen and oxygen atoms in total. The van der Waals surface area contributed by atoms with Crippen LogP contribution in [0.4, 0.5) is 21.6 Å². The Labute approximate surface area is 173 Å². The Morgan fingerprint density at radius 3 is 2.63 bits per heavy atom. The van der Waals surface area contributed by atoms with Crippen molar-refractivity contribution in [3.05, 3.63) is 42.5 Å². The second-order valence-electron chi connectivity index (χ2n) is 7.90. The molecule has 2 fully saturated rings. The highest BCUT2D eigenvalue weighted by Gasteiger charge is 2.28. The van der Waals surface area contributed by atoms with E-state index in [4.69, 9.17) is 0 Å². The van der Waals surface area contributed by atoms with Crippen molar-refractivity contribution in [1.29, 1.82) is 0 Å². The molecule has 9 heteroatoms. The summed E-state index contributed by atoms with van der Waals surface area (Å²) in [6, 6.07) is 8.80. The molecule has 2 aromatic heterocycles. The normalized spacial score (nSPS) is 17.6. The number of aromatic nitrogens is 4. The van der Waals surface area contributed by atoms with Crippen molar-refractivity contribution < 1.29 is 9.18 Å². The summed E-state index contributed by atoms with van der Waals surface area (Å²) < 4.78 is 16.2. The lowest BCUT2D eigenvalue weighted by Crippen LogP contribution is -2.39. The van der Waals surface area contributed by atoms with Gasteiger partial charge in [0.05, 0.1) is 5.69 Å². The Kier molecular flexibility index (Phi) is 4.94. The van der Waals surface area contributed by atoms with Crippen LogP contribution in [0.1, 0.15) is 25.7 Å². The van der Waals surface area contributed by atoms with Crippen molar-refractivity contribution in [3.63, 3.8) is 0 Å². The van der Waals surface area contributed by atoms with Crippen LogP contribution < -0.4 is 15.1 Å². The summed E-state index contributed by atoms with van der Waals surface area (Å²) in [7, 11) is 0. The Bertz CT molecular complexity index is 1050. The quantitative estimate of drug-likeness (QED) is 0.714. The van der Waals surface area contributed by atoms with Crippen molar-refractivity contribution in [3.8, 4) is 0 Å². The number of rotatable bonds is 4. The predicted molar refractivity (Wildman–Crippen MR) is 112 cm³/mol. The van der Waals surface area contributed by atoms with Crippen LogP contribution in [0.25, 0.3) is 5.65 Å². The molecule has 0 radical (unpaired) electrons. The number of carbonyl (C=O) groups excluding carboxylic acids is 1. The third-order valence-electron chi connectivity index (χ3n) is 6.02. The zero-order valence-electron chi connectivity index (χ0n) is 16.7. The molecule has 1 amide bonds. The first-order valence-electron chi connectivity index (χ1n) is 10.5. The van der Waals surface area contributed by atoms with Crippen molar-refractivity contribution in [1.82, 2.24) is 19.8 Å². The Morgan fingerprint density at radius 2 is 1.83 bits per heavy atom. The van der Waals surface area contributed by atoms with Crippen LogP contribution in [0.3, 0.4) is 0 Å². The number of amides is 1. The third-order valence-corrected chi connectivity index (χ3v) is 6.02. The molecule has 0 spiro atoms. The Hall–Kier alpha value is -3.23. The highest BCUT2D eigenvalue weighted by atomic mass is 19.1. The minimum atomic E-state index is -0.378. The summed E-state index contributed by atoms with van der Waals surface area (Å²) >= 11 is 0. The summed E-state index contributed by atoms with van der Waals surface area (Å²) in [5.41, 5.74) is 1.79. The summed E-state index contributed by atoms with van der Waals surface area (Å²) in [5.74, 6) is 0.205. The number of hydrogen-bond donors (Lipinski definition) is 1. The molecular weight excluding hydrogens is 385 g/mol. The fourth-order valence-corrected chi connectivity index (χ4v) is 4.34. The smallest absolute Gasteiger partial charge is 0.227 e. The minimum absolute atomic E-state index is 0.109. The number of fused-ring (bicyclic) bond motifs is 1. The Balaban J connectivity index is 1.25. The summed E-state index contributed by atoms with van der Waals surface area (Å²) in [6.07, 6.45) is 5.16. The molecule has 0 aliphatic carbocycles. The van der Waals surface area contributed by atoms with E-state index in [2.05, 4.69) is 30.4 Å². The van der Waals surface area contributed by atoms with Gasteiger partial charge in [-0.3, -0.25) is 4.79 Å². The second kappa shape index (κ2) is 7.89. The first-order valence-corrected chi connectivity index (χ1v) is 10.5. The van der Waals surface area contributed by atoms with Crippen LogP contribution >= 0.6 is 0 Å². The summed E-state index contributed by atoms with van der Waals surface area (Å²) in [6.45, 7) is 3.23. The van der Waals surface area contributed by atoms with Gasteiger partial charge in [-0.05, 0) is 49.9 Å². The fraction of sp³-hybridized carbons (Fsp3) is 0.429. The average Bonchev–Trinajstić information content (AvgIpc) is 3.47. The highest BCUT2D eigenvalue weighted by molar-refractivity contribution is 5.96. The number of nitrogens with zero attached hydrogens (tertiary/aromatic N) is 6. The zero-order valence-corrected chi connectivity index (χ0v) is 16.7. The highest BCUT2D eigenvalue weighted by Crippen LogP contribution is 2.32. The van der Waals surface area contributed by atoms with Gasteiger partial charge in [0, 0.05) is 32.1 Å². The number of benzene rings is 1. The van der Waals surface area contributed by atoms with Crippen LogP contribution in [-0.2, 0) is 4.79 Å². The van der Waals surface area contributed by atoms with Crippen LogP contribution in [0, 0.1) is 11.7 Å². The van der Waals surface area contributed by atoms with Gasteiger partial charge in [-0.15, -0.1) is 15.3 Å². The van der Waals surface area contributed by atoms with E-state index in [9.17, 15) is 9.18 Å². The molecule has 0 unspecified atom stereocenters. The van der Waals surface area contributed by atoms with Gasteiger partial charge in [-0.25, -0.2) is 4.39 Å². The molecule has 5 rings (SSSR count). The van der Waals surface area contributed by atoms with E-state index in [-0.39, 0.29) is 17.6 Å². The van der Waals surface area contributed by atoms with Gasteiger partial charge in [0.25, 0.3) is 0 Å². The van der Waals surface area contributed by atoms with Gasteiger partial charge in [0.1, 0.15) is 23.6 Å². The Morgan fingerprint density at radius 1 is 1.03 bits per heavy atom. The molecule has 0 saturated carbocycles. The van der Waals surface area contributed by atoms with Gasteiger partial charge >= 0.3 is 0 Å². The van der Waals surface area contributed by atoms with Crippen molar-refractivity contribution in [2.75, 3.05) is 41.3 Å². The van der Waals surface area contributed by atoms with Crippen LogP contribution in [0.5, 0.6) is 0 Å². The molecule has 2 saturated heterocycles. The van der Waals surface area contributed by atoms with Crippen LogP contribution in [-0.4, -0.2) is 51.9 Å². The maximum Gasteiger partial charge on any atom is 0.227 e. The molecule has 0 bridgehead atoms. The van der Waals surface area contributed by atoms with Gasteiger partial charge in [-0.1, -0.05) is 6.07 Å². The van der Waals surface area contributed by atoms with Crippen LogP contribution in [0.2, 0.25) is 0 Å². The van der Waals surface area contributed by atoms with E-state index < -0.39 is 0 Å². The summed E-state index contributed by atoms with van der Waals surface area (Å²) in [5, 5.41) is 15.2. The molecule has 1 aromatic carbocycles. The molecule has 2 aliphatic rings. The third kappa shape index (κ3) is 3.55. The molecule has 3 aromatic rings.